The van der Waals surface area contributed by atoms with Crippen LogP contribution in [0.25, 0.3) is 0 Å². The fourth-order valence-electron chi connectivity index (χ4n) is 3.86. The predicted octanol–water partition coefficient (Wildman–Crippen LogP) is 4.65. The number of halogens is 1. The second-order valence-electron chi connectivity index (χ2n) is 7.44. The fourth-order valence-corrected chi connectivity index (χ4v) is 5.52. The van der Waals surface area contributed by atoms with Crippen LogP contribution in [0.5, 0.6) is 11.5 Å². The van der Waals surface area contributed by atoms with Gasteiger partial charge in [-0.2, -0.15) is 0 Å². The molecule has 5 rings (SSSR count). The van der Waals surface area contributed by atoms with Gasteiger partial charge in [0.15, 0.2) is 15.8 Å². The number of ether oxygens (including phenoxy) is 2. The quantitative estimate of drug-likeness (QED) is 0.524. The maximum Gasteiger partial charge on any atom is 0.233 e. The minimum absolute atomic E-state index is 0.0454. The number of aromatic nitrogens is 2. The van der Waals surface area contributed by atoms with E-state index in [1.807, 2.05) is 23.1 Å². The molecule has 166 valence electrons. The highest BCUT2D eigenvalue weighted by molar-refractivity contribution is 8.01. The highest BCUT2D eigenvalue weighted by Gasteiger charge is 2.31. The molecule has 32 heavy (non-hydrogen) atoms. The summed E-state index contributed by atoms with van der Waals surface area (Å²) in [6.07, 6.45) is 1.90. The molecular formula is C22H21FN4O3S2. The number of nitrogens with one attached hydrogen (secondary N) is 1. The first-order valence-electron chi connectivity index (χ1n) is 10.3. The van der Waals surface area contributed by atoms with E-state index in [9.17, 15) is 9.18 Å². The number of carbonyl (C=O) groups excluding carboxylic acids is 1. The van der Waals surface area contributed by atoms with Crippen LogP contribution in [-0.4, -0.2) is 46.5 Å². The minimum Gasteiger partial charge on any atom is -0.486 e. The maximum absolute atomic E-state index is 13.0. The third kappa shape index (κ3) is 4.66. The van der Waals surface area contributed by atoms with Gasteiger partial charge < -0.3 is 19.7 Å². The molecule has 3 aromatic rings. The van der Waals surface area contributed by atoms with E-state index in [0.29, 0.717) is 28.4 Å². The molecule has 1 atom stereocenters. The van der Waals surface area contributed by atoms with Crippen molar-refractivity contribution in [2.24, 2.45) is 0 Å². The number of nitrogens with zero attached hydrogens (tertiary/aromatic N) is 3. The zero-order valence-corrected chi connectivity index (χ0v) is 18.8. The first-order valence-corrected chi connectivity index (χ1v) is 12.1. The molecule has 1 N–H and O–H groups in total. The van der Waals surface area contributed by atoms with Crippen molar-refractivity contribution in [2.75, 3.05) is 30.8 Å². The van der Waals surface area contributed by atoms with Gasteiger partial charge in [0.25, 0.3) is 0 Å². The van der Waals surface area contributed by atoms with Gasteiger partial charge in [-0.3, -0.25) is 4.79 Å². The molecule has 1 saturated heterocycles. The Morgan fingerprint density at radius 2 is 1.97 bits per heavy atom. The van der Waals surface area contributed by atoms with Crippen LogP contribution >= 0.6 is 23.1 Å². The summed E-state index contributed by atoms with van der Waals surface area (Å²) in [7, 11) is 0. The van der Waals surface area contributed by atoms with E-state index in [2.05, 4.69) is 15.5 Å². The topological polar surface area (TPSA) is 76.6 Å². The second-order valence-corrected chi connectivity index (χ2v) is 9.64. The van der Waals surface area contributed by atoms with Crippen molar-refractivity contribution in [3.63, 3.8) is 0 Å². The Hall–Kier alpha value is -2.85. The molecule has 1 amide bonds. The lowest BCUT2D eigenvalue weighted by molar-refractivity contribution is -0.129. The van der Waals surface area contributed by atoms with Crippen LogP contribution in [0.2, 0.25) is 0 Å². The second kappa shape index (κ2) is 9.33. The average Bonchev–Trinajstić information content (AvgIpc) is 3.48. The molecule has 0 bridgehead atoms. The molecule has 0 radical (unpaired) electrons. The molecule has 2 aliphatic rings. The van der Waals surface area contributed by atoms with Crippen LogP contribution in [-0.2, 0) is 4.79 Å². The Morgan fingerprint density at radius 1 is 1.16 bits per heavy atom. The van der Waals surface area contributed by atoms with E-state index in [1.54, 1.807) is 12.1 Å². The summed E-state index contributed by atoms with van der Waals surface area (Å²) >= 11 is 2.74. The Morgan fingerprint density at radius 3 is 2.81 bits per heavy atom. The number of carbonyl (C=O) groups is 1. The van der Waals surface area contributed by atoms with Crippen LogP contribution in [0.4, 0.5) is 15.2 Å². The van der Waals surface area contributed by atoms with Crippen LogP contribution in [0.1, 0.15) is 24.4 Å². The lowest BCUT2D eigenvalue weighted by Crippen LogP contribution is -2.32. The first kappa shape index (κ1) is 21.0. The van der Waals surface area contributed by atoms with Crippen molar-refractivity contribution in [2.45, 2.75) is 23.2 Å². The van der Waals surface area contributed by atoms with Crippen LogP contribution in [0.3, 0.4) is 0 Å². The van der Waals surface area contributed by atoms with E-state index in [4.69, 9.17) is 9.47 Å². The molecule has 2 aromatic carbocycles. The van der Waals surface area contributed by atoms with E-state index < -0.39 is 0 Å². The highest BCUT2D eigenvalue weighted by atomic mass is 32.2. The summed E-state index contributed by atoms with van der Waals surface area (Å²) in [5.74, 6) is 1.59. The largest absolute Gasteiger partial charge is 0.486 e. The summed E-state index contributed by atoms with van der Waals surface area (Å²) in [4.78, 5) is 14.9. The summed E-state index contributed by atoms with van der Waals surface area (Å²) in [5.41, 5.74) is 1.81. The van der Waals surface area contributed by atoms with Crippen molar-refractivity contribution in [1.82, 2.24) is 15.1 Å². The summed E-state index contributed by atoms with van der Waals surface area (Å²) in [6, 6.07) is 12.0. The van der Waals surface area contributed by atoms with Crippen molar-refractivity contribution >= 4 is 39.8 Å². The van der Waals surface area contributed by atoms with Crippen LogP contribution in [0.15, 0.2) is 46.8 Å². The van der Waals surface area contributed by atoms with Crippen LogP contribution in [0, 0.1) is 5.82 Å². The van der Waals surface area contributed by atoms with E-state index in [0.717, 1.165) is 42.1 Å². The summed E-state index contributed by atoms with van der Waals surface area (Å²) in [6.45, 7) is 1.84. The fraction of sp³-hybridized carbons (Fsp3) is 0.318. The molecule has 1 fully saturated rings. The number of anilines is 2. The molecule has 0 aliphatic carbocycles. The number of likely N-dealkylation sites (tertiary alicyclic amines) is 1. The van der Waals surface area contributed by atoms with Gasteiger partial charge in [-0.25, -0.2) is 4.39 Å². The summed E-state index contributed by atoms with van der Waals surface area (Å²) < 4.78 is 25.1. The Kier molecular flexibility index (Phi) is 6.13. The Bertz CT molecular complexity index is 1110. The predicted molar refractivity (Wildman–Crippen MR) is 121 cm³/mol. The van der Waals surface area contributed by atoms with Gasteiger partial charge in [-0.15, -0.1) is 10.2 Å². The smallest absolute Gasteiger partial charge is 0.233 e. The molecule has 2 aliphatic heterocycles. The monoisotopic (exact) mass is 472 g/mol. The standard InChI is InChI=1S/C22H21FN4O3S2/c23-15-4-6-16(7-5-15)24-21-25-26-22(32-21)31-13-20(28)27-9-1-2-17(27)14-3-8-18-19(12-14)30-11-10-29-18/h3-8,12,17H,1-2,9-11,13H2,(H,24,25)/t17-/m1/s1. The van der Waals surface area contributed by atoms with Crippen molar-refractivity contribution in [3.8, 4) is 11.5 Å². The normalized spacial score (nSPS) is 17.4. The third-order valence-corrected chi connectivity index (χ3v) is 7.30. The minimum atomic E-state index is -0.293. The molecule has 0 spiro atoms. The number of amides is 1. The van der Waals surface area contributed by atoms with Crippen LogP contribution < -0.4 is 14.8 Å². The molecular weight excluding hydrogens is 451 g/mol. The van der Waals surface area contributed by atoms with Crippen molar-refractivity contribution < 1.29 is 18.7 Å². The number of thioether (sulfide) groups is 1. The van der Waals surface area contributed by atoms with Gasteiger partial charge in [0.2, 0.25) is 11.0 Å². The van der Waals surface area contributed by atoms with Gasteiger partial charge in [0, 0.05) is 12.2 Å². The zero-order valence-electron chi connectivity index (χ0n) is 17.1. The zero-order chi connectivity index (χ0) is 21.9. The highest BCUT2D eigenvalue weighted by Crippen LogP contribution is 2.38. The number of hydrogen-bond donors (Lipinski definition) is 1. The first-order chi connectivity index (χ1) is 15.7. The summed E-state index contributed by atoms with van der Waals surface area (Å²) in [5, 5.41) is 11.9. The van der Waals surface area contributed by atoms with Gasteiger partial charge in [-0.05, 0) is 54.8 Å². The lowest BCUT2D eigenvalue weighted by atomic mass is 10.0. The molecule has 7 nitrogen and oxygen atoms in total. The molecule has 10 heteroatoms. The average molecular weight is 473 g/mol. The molecule has 0 saturated carbocycles. The lowest BCUT2D eigenvalue weighted by Gasteiger charge is -2.26. The molecule has 0 unspecified atom stereocenters. The molecule has 1 aromatic heterocycles. The Labute approximate surface area is 192 Å². The molecule has 3 heterocycles. The van der Waals surface area contributed by atoms with Crippen molar-refractivity contribution in [3.05, 3.63) is 53.8 Å². The van der Waals surface area contributed by atoms with Gasteiger partial charge >= 0.3 is 0 Å². The van der Waals surface area contributed by atoms with Gasteiger partial charge in [0.05, 0.1) is 11.8 Å². The van der Waals surface area contributed by atoms with E-state index in [-0.39, 0.29) is 17.8 Å². The Balaban J connectivity index is 1.19. The van der Waals surface area contributed by atoms with Gasteiger partial charge in [-0.1, -0.05) is 29.2 Å². The van der Waals surface area contributed by atoms with E-state index in [1.165, 1.54) is 35.2 Å². The van der Waals surface area contributed by atoms with Crippen molar-refractivity contribution in [1.29, 1.82) is 0 Å². The number of fused-ring (bicyclic) bond motifs is 1. The number of benzene rings is 2. The number of rotatable bonds is 6. The number of hydrogen-bond acceptors (Lipinski definition) is 8. The maximum atomic E-state index is 13.0. The third-order valence-electron chi connectivity index (χ3n) is 5.35. The van der Waals surface area contributed by atoms with E-state index >= 15 is 0 Å². The SMILES string of the molecule is O=C(CSc1nnc(Nc2ccc(F)cc2)s1)N1CCC[C@@H]1c1ccc2c(c1)OCCO2. The van der Waals surface area contributed by atoms with Gasteiger partial charge in [0.1, 0.15) is 19.0 Å².